The van der Waals surface area contributed by atoms with Gasteiger partial charge in [-0.3, -0.25) is 4.57 Å². The molecule has 0 aromatic carbocycles. The van der Waals surface area contributed by atoms with Gasteiger partial charge in [-0.25, -0.2) is 19.7 Å². The highest BCUT2D eigenvalue weighted by Crippen LogP contribution is 2.37. The molecule has 156 valence electrons. The van der Waals surface area contributed by atoms with Crippen molar-refractivity contribution in [3.05, 3.63) is 47.0 Å². The van der Waals surface area contributed by atoms with Crippen molar-refractivity contribution in [2.24, 2.45) is 0 Å². The number of nitrogens with zero attached hydrogens (tertiary/aromatic N) is 6. The predicted octanol–water partition coefficient (Wildman–Crippen LogP) is 2.19. The van der Waals surface area contributed by atoms with Gasteiger partial charge in [-0.15, -0.1) is 0 Å². The van der Waals surface area contributed by atoms with Crippen molar-refractivity contribution in [3.63, 3.8) is 0 Å². The van der Waals surface area contributed by atoms with Crippen LogP contribution in [-0.4, -0.2) is 56.1 Å². The van der Waals surface area contributed by atoms with Crippen molar-refractivity contribution >= 4 is 5.82 Å². The van der Waals surface area contributed by atoms with E-state index in [1.54, 1.807) is 16.8 Å². The van der Waals surface area contributed by atoms with Gasteiger partial charge in [0.25, 0.3) is 0 Å². The van der Waals surface area contributed by atoms with Crippen molar-refractivity contribution < 1.29 is 13.2 Å². The third-order valence-corrected chi connectivity index (χ3v) is 5.54. The summed E-state index contributed by atoms with van der Waals surface area (Å²) in [4.78, 5) is 27.3. The first-order valence-electron chi connectivity index (χ1n) is 9.83. The van der Waals surface area contributed by atoms with Crippen molar-refractivity contribution in [3.8, 4) is 0 Å². The Morgan fingerprint density at radius 1 is 1.03 bits per heavy atom. The number of likely N-dealkylation sites (tertiary alicyclic amines) is 1. The first kappa shape index (κ1) is 19.8. The SMILES string of the molecule is O=c1ncccn1CCN1CCC(N(c2cc(C(F)(F)F)ncn2)C2CC2)CC1. The number of rotatable bonds is 6. The van der Waals surface area contributed by atoms with Crippen LogP contribution >= 0.6 is 0 Å². The summed E-state index contributed by atoms with van der Waals surface area (Å²) in [6, 6.07) is 3.23. The van der Waals surface area contributed by atoms with Gasteiger partial charge in [0.1, 0.15) is 17.8 Å². The zero-order valence-electron chi connectivity index (χ0n) is 15.9. The van der Waals surface area contributed by atoms with Gasteiger partial charge in [0, 0.05) is 56.7 Å². The molecule has 0 unspecified atom stereocenters. The Morgan fingerprint density at radius 3 is 2.41 bits per heavy atom. The molecular weight excluding hydrogens is 385 g/mol. The number of piperidine rings is 1. The molecule has 3 heterocycles. The molecule has 4 rings (SSSR count). The van der Waals surface area contributed by atoms with Gasteiger partial charge in [-0.1, -0.05) is 0 Å². The van der Waals surface area contributed by atoms with Gasteiger partial charge in [0.15, 0.2) is 0 Å². The van der Waals surface area contributed by atoms with E-state index in [0.29, 0.717) is 12.4 Å². The number of hydrogen-bond donors (Lipinski definition) is 0. The van der Waals surface area contributed by atoms with Crippen molar-refractivity contribution in [2.75, 3.05) is 24.5 Å². The van der Waals surface area contributed by atoms with E-state index in [4.69, 9.17) is 0 Å². The Kier molecular flexibility index (Phi) is 5.53. The summed E-state index contributed by atoms with van der Waals surface area (Å²) in [7, 11) is 0. The van der Waals surface area contributed by atoms with E-state index in [-0.39, 0.29) is 17.8 Å². The van der Waals surface area contributed by atoms with Gasteiger partial charge in [-0.05, 0) is 31.7 Å². The monoisotopic (exact) mass is 408 g/mol. The fraction of sp³-hybridized carbons (Fsp3) is 0.579. The molecule has 2 aromatic heterocycles. The summed E-state index contributed by atoms with van der Waals surface area (Å²) in [5.74, 6) is 0.371. The standard InChI is InChI=1S/C19H23F3N6O/c20-19(21,22)16-12-17(25-13-24-16)28(14-2-3-14)15-4-8-26(9-5-15)10-11-27-7-1-6-23-18(27)29/h1,6-7,12-15H,2-5,8-11H2. The maximum absolute atomic E-state index is 13.1. The molecule has 10 heteroatoms. The number of alkyl halides is 3. The molecule has 0 amide bonds. The molecule has 29 heavy (non-hydrogen) atoms. The highest BCUT2D eigenvalue weighted by Gasteiger charge is 2.38. The van der Waals surface area contributed by atoms with E-state index >= 15 is 0 Å². The van der Waals surface area contributed by atoms with Gasteiger partial charge >= 0.3 is 11.9 Å². The molecular formula is C19H23F3N6O. The summed E-state index contributed by atoms with van der Waals surface area (Å²) in [5.41, 5.74) is -1.15. The highest BCUT2D eigenvalue weighted by molar-refractivity contribution is 5.44. The molecule has 1 saturated carbocycles. The molecule has 1 aliphatic carbocycles. The molecule has 0 spiro atoms. The maximum Gasteiger partial charge on any atom is 0.433 e. The van der Waals surface area contributed by atoms with Crippen molar-refractivity contribution in [1.82, 2.24) is 24.4 Å². The molecule has 1 aliphatic heterocycles. The lowest BCUT2D eigenvalue weighted by Gasteiger charge is -2.39. The molecule has 0 bridgehead atoms. The van der Waals surface area contributed by atoms with E-state index in [0.717, 1.165) is 57.7 Å². The first-order valence-corrected chi connectivity index (χ1v) is 9.83. The van der Waals surface area contributed by atoms with Crippen LogP contribution in [-0.2, 0) is 12.7 Å². The van der Waals surface area contributed by atoms with Crippen molar-refractivity contribution in [2.45, 2.75) is 50.5 Å². The summed E-state index contributed by atoms with van der Waals surface area (Å²) < 4.78 is 40.7. The van der Waals surface area contributed by atoms with E-state index in [1.165, 1.54) is 6.20 Å². The van der Waals surface area contributed by atoms with Crippen LogP contribution in [0.2, 0.25) is 0 Å². The van der Waals surface area contributed by atoms with E-state index in [1.807, 2.05) is 0 Å². The van der Waals surface area contributed by atoms with Crippen LogP contribution in [0, 0.1) is 0 Å². The largest absolute Gasteiger partial charge is 0.433 e. The van der Waals surface area contributed by atoms with E-state index in [9.17, 15) is 18.0 Å². The molecule has 1 saturated heterocycles. The molecule has 0 N–H and O–H groups in total. The molecule has 2 aromatic rings. The number of halogens is 3. The number of anilines is 1. The highest BCUT2D eigenvalue weighted by atomic mass is 19.4. The van der Waals surface area contributed by atoms with Crippen molar-refractivity contribution in [1.29, 1.82) is 0 Å². The Labute approximate surface area is 166 Å². The zero-order chi connectivity index (χ0) is 20.4. The molecule has 0 radical (unpaired) electrons. The van der Waals surface area contributed by atoms with Crippen LogP contribution < -0.4 is 10.6 Å². The second-order valence-electron chi connectivity index (χ2n) is 7.57. The average Bonchev–Trinajstić information content (AvgIpc) is 3.53. The van der Waals surface area contributed by atoms with Crippen LogP contribution in [0.15, 0.2) is 35.6 Å². The van der Waals surface area contributed by atoms with Crippen LogP contribution in [0.5, 0.6) is 0 Å². The predicted molar refractivity (Wildman–Crippen MR) is 100 cm³/mol. The number of aromatic nitrogens is 4. The minimum Gasteiger partial charge on any atom is -0.350 e. The third-order valence-electron chi connectivity index (χ3n) is 5.54. The lowest BCUT2D eigenvalue weighted by atomic mass is 10.0. The van der Waals surface area contributed by atoms with E-state index < -0.39 is 11.9 Å². The summed E-state index contributed by atoms with van der Waals surface area (Å²) in [6.45, 7) is 2.98. The van der Waals surface area contributed by atoms with Gasteiger partial charge in [0.05, 0.1) is 0 Å². The Hall–Kier alpha value is -2.49. The van der Waals surface area contributed by atoms with E-state index in [2.05, 4.69) is 24.8 Å². The fourth-order valence-electron chi connectivity index (χ4n) is 3.90. The second kappa shape index (κ2) is 8.10. The van der Waals surface area contributed by atoms with Crippen LogP contribution in [0.3, 0.4) is 0 Å². The second-order valence-corrected chi connectivity index (χ2v) is 7.57. The average molecular weight is 408 g/mol. The van der Waals surface area contributed by atoms with Crippen LogP contribution in [0.25, 0.3) is 0 Å². The Morgan fingerprint density at radius 2 is 1.76 bits per heavy atom. The summed E-state index contributed by atoms with van der Waals surface area (Å²) in [5, 5.41) is 0. The zero-order valence-corrected chi connectivity index (χ0v) is 15.9. The number of hydrogen-bond acceptors (Lipinski definition) is 6. The Bertz CT molecular complexity index is 890. The Balaban J connectivity index is 1.39. The minimum atomic E-state index is -4.47. The van der Waals surface area contributed by atoms with Gasteiger partial charge in [-0.2, -0.15) is 13.2 Å². The van der Waals surface area contributed by atoms with Gasteiger partial charge < -0.3 is 9.80 Å². The first-order chi connectivity index (χ1) is 13.9. The molecule has 7 nitrogen and oxygen atoms in total. The molecule has 2 fully saturated rings. The fourth-order valence-corrected chi connectivity index (χ4v) is 3.90. The topological polar surface area (TPSA) is 67.2 Å². The maximum atomic E-state index is 13.1. The molecule has 0 atom stereocenters. The lowest BCUT2D eigenvalue weighted by Crippen LogP contribution is -2.47. The smallest absolute Gasteiger partial charge is 0.350 e. The summed E-state index contributed by atoms with van der Waals surface area (Å²) in [6.07, 6.45) is 3.41. The van der Waals surface area contributed by atoms with Gasteiger partial charge in [0.2, 0.25) is 0 Å². The summed E-state index contributed by atoms with van der Waals surface area (Å²) >= 11 is 0. The normalized spacial score (nSPS) is 18.7. The van der Waals surface area contributed by atoms with Crippen LogP contribution in [0.1, 0.15) is 31.4 Å². The minimum absolute atomic E-state index is 0.163. The lowest BCUT2D eigenvalue weighted by molar-refractivity contribution is -0.141. The molecule has 2 aliphatic rings. The quantitative estimate of drug-likeness (QED) is 0.730. The third kappa shape index (κ3) is 4.75. The van der Waals surface area contributed by atoms with Crippen LogP contribution in [0.4, 0.5) is 19.0 Å².